The number of nitrogens with one attached hydrogen (secondary N) is 1. The van der Waals surface area contributed by atoms with Gasteiger partial charge in [-0.25, -0.2) is 0 Å². The van der Waals surface area contributed by atoms with E-state index in [4.69, 9.17) is 0 Å². The second-order valence-electron chi connectivity index (χ2n) is 2.07. The minimum atomic E-state index is -0.354. The lowest BCUT2D eigenvalue weighted by Crippen LogP contribution is -2.28. The molecule has 12 heavy (non-hydrogen) atoms. The number of unbranched alkanes of at least 4 members (excludes halogenated alkanes) is 1. The minimum Gasteiger partial charge on any atom is -0.458 e. The smallest absolute Gasteiger partial charge is 0.293 e. The predicted octanol–water partition coefficient (Wildman–Crippen LogP) is -0.745. The first kappa shape index (κ1) is 10.6. The van der Waals surface area contributed by atoms with Gasteiger partial charge in [0.1, 0.15) is 6.29 Å². The van der Waals surface area contributed by atoms with Crippen LogP contribution in [0.4, 0.5) is 0 Å². The zero-order valence-electron chi connectivity index (χ0n) is 6.62. The Bertz CT molecular complexity index is 157. The molecule has 0 saturated heterocycles. The summed E-state index contributed by atoms with van der Waals surface area (Å²) in [5.41, 5.74) is 0. The van der Waals surface area contributed by atoms with Crippen molar-refractivity contribution in [2.45, 2.75) is 12.8 Å². The van der Waals surface area contributed by atoms with E-state index < -0.39 is 0 Å². The molecule has 0 aromatic rings. The monoisotopic (exact) mass is 173 g/mol. The quantitative estimate of drug-likeness (QED) is 0.406. The maximum absolute atomic E-state index is 10.7. The number of carbonyl (C=O) groups excluding carboxylic acids is 3. The Morgan fingerprint density at radius 2 is 2.17 bits per heavy atom. The van der Waals surface area contributed by atoms with Gasteiger partial charge in [0.15, 0.2) is 6.61 Å². The van der Waals surface area contributed by atoms with E-state index in [0.29, 0.717) is 19.4 Å². The van der Waals surface area contributed by atoms with Gasteiger partial charge in [-0.2, -0.15) is 0 Å². The van der Waals surface area contributed by atoms with Crippen LogP contribution in [0.1, 0.15) is 12.8 Å². The van der Waals surface area contributed by atoms with Crippen LogP contribution in [0.3, 0.4) is 0 Å². The van der Waals surface area contributed by atoms with Crippen molar-refractivity contribution in [3.05, 3.63) is 0 Å². The molecule has 5 nitrogen and oxygen atoms in total. The molecule has 0 bridgehead atoms. The van der Waals surface area contributed by atoms with Crippen LogP contribution in [0.25, 0.3) is 0 Å². The Morgan fingerprint density at radius 1 is 1.42 bits per heavy atom. The van der Waals surface area contributed by atoms with Gasteiger partial charge in [0.25, 0.3) is 12.4 Å². The predicted molar refractivity (Wildman–Crippen MR) is 40.3 cm³/mol. The van der Waals surface area contributed by atoms with Gasteiger partial charge < -0.3 is 14.8 Å². The second-order valence-corrected chi connectivity index (χ2v) is 2.07. The third kappa shape index (κ3) is 6.73. The molecule has 0 unspecified atom stereocenters. The van der Waals surface area contributed by atoms with E-state index in [1.807, 2.05) is 0 Å². The zero-order valence-corrected chi connectivity index (χ0v) is 6.62. The minimum absolute atomic E-state index is 0.213. The first-order chi connectivity index (χ1) is 5.81. The Hall–Kier alpha value is -1.39. The van der Waals surface area contributed by atoms with Crippen LogP contribution in [0.5, 0.6) is 0 Å². The zero-order chi connectivity index (χ0) is 9.23. The van der Waals surface area contributed by atoms with Gasteiger partial charge in [-0.05, 0) is 6.42 Å². The molecular weight excluding hydrogens is 162 g/mol. The van der Waals surface area contributed by atoms with Crippen molar-refractivity contribution in [3.8, 4) is 0 Å². The lowest BCUT2D eigenvalue weighted by Gasteiger charge is -2.01. The highest BCUT2D eigenvalue weighted by atomic mass is 16.5. The summed E-state index contributed by atoms with van der Waals surface area (Å²) in [6, 6.07) is 0. The van der Waals surface area contributed by atoms with Gasteiger partial charge in [-0.1, -0.05) is 0 Å². The Morgan fingerprint density at radius 3 is 2.75 bits per heavy atom. The Balaban J connectivity index is 3.19. The third-order valence-corrected chi connectivity index (χ3v) is 1.10. The highest BCUT2D eigenvalue weighted by Gasteiger charge is 1.98. The van der Waals surface area contributed by atoms with Crippen molar-refractivity contribution in [1.29, 1.82) is 0 Å². The molecular formula is C7H11NO4. The molecule has 0 atom stereocenters. The highest BCUT2D eigenvalue weighted by Crippen LogP contribution is 1.80. The van der Waals surface area contributed by atoms with E-state index >= 15 is 0 Å². The summed E-state index contributed by atoms with van der Waals surface area (Å²) in [5.74, 6) is -0.354. The maximum atomic E-state index is 10.7. The molecule has 1 amide bonds. The number of ether oxygens (including phenoxy) is 1. The topological polar surface area (TPSA) is 72.5 Å². The molecule has 0 fully saturated rings. The van der Waals surface area contributed by atoms with Crippen molar-refractivity contribution in [2.75, 3.05) is 13.2 Å². The standard InChI is InChI=1S/C7H11NO4/c9-4-2-1-3-8-7(11)5-12-6-10/h4,6H,1-3,5H2,(H,8,11). The number of aldehydes is 1. The molecule has 0 saturated carbocycles. The first-order valence-corrected chi connectivity index (χ1v) is 3.57. The highest BCUT2D eigenvalue weighted by molar-refractivity contribution is 5.77. The molecule has 0 radical (unpaired) electrons. The van der Waals surface area contributed by atoms with E-state index in [0.717, 1.165) is 6.29 Å². The van der Waals surface area contributed by atoms with Gasteiger partial charge in [0, 0.05) is 13.0 Å². The summed E-state index contributed by atoms with van der Waals surface area (Å²) < 4.78 is 4.19. The molecule has 0 aliphatic heterocycles. The van der Waals surface area contributed by atoms with Crippen LogP contribution >= 0.6 is 0 Å². The van der Waals surface area contributed by atoms with Gasteiger partial charge in [0.2, 0.25) is 0 Å². The molecule has 0 aliphatic rings. The fourth-order valence-electron chi connectivity index (χ4n) is 0.574. The van der Waals surface area contributed by atoms with Crippen LogP contribution < -0.4 is 5.32 Å². The molecule has 0 aliphatic carbocycles. The molecule has 0 heterocycles. The maximum Gasteiger partial charge on any atom is 0.293 e. The van der Waals surface area contributed by atoms with Crippen molar-refractivity contribution in [2.24, 2.45) is 0 Å². The molecule has 0 aromatic carbocycles. The lowest BCUT2D eigenvalue weighted by atomic mass is 10.3. The van der Waals surface area contributed by atoms with Crippen molar-refractivity contribution in [1.82, 2.24) is 5.32 Å². The summed E-state index contributed by atoms with van der Waals surface area (Å²) in [6.45, 7) is 0.384. The van der Waals surface area contributed by atoms with Gasteiger partial charge in [0.05, 0.1) is 0 Å². The van der Waals surface area contributed by atoms with Crippen LogP contribution in [-0.4, -0.2) is 31.8 Å². The average Bonchev–Trinajstić information content (AvgIpc) is 2.09. The number of carbonyl (C=O) groups is 3. The van der Waals surface area contributed by atoms with Gasteiger partial charge >= 0.3 is 0 Å². The van der Waals surface area contributed by atoms with Crippen LogP contribution in [0.2, 0.25) is 0 Å². The van der Waals surface area contributed by atoms with Gasteiger partial charge in [-0.3, -0.25) is 9.59 Å². The number of hydrogen-bond acceptors (Lipinski definition) is 4. The summed E-state index contributed by atoms with van der Waals surface area (Å²) >= 11 is 0. The summed E-state index contributed by atoms with van der Waals surface area (Å²) in [5, 5.41) is 2.47. The van der Waals surface area contributed by atoms with E-state index in [2.05, 4.69) is 10.1 Å². The number of rotatable bonds is 7. The first-order valence-electron chi connectivity index (χ1n) is 3.57. The normalized spacial score (nSPS) is 8.67. The van der Waals surface area contributed by atoms with Crippen LogP contribution in [-0.2, 0) is 19.1 Å². The average molecular weight is 173 g/mol. The SMILES string of the molecule is O=CCCCNC(=O)COC=O. The molecule has 0 spiro atoms. The van der Waals surface area contributed by atoms with Crippen molar-refractivity contribution in [3.63, 3.8) is 0 Å². The van der Waals surface area contributed by atoms with Crippen molar-refractivity contribution < 1.29 is 19.1 Å². The number of amides is 1. The molecule has 0 rings (SSSR count). The van der Waals surface area contributed by atoms with Gasteiger partial charge in [-0.15, -0.1) is 0 Å². The fraction of sp³-hybridized carbons (Fsp3) is 0.571. The number of hydrogen-bond donors (Lipinski definition) is 1. The third-order valence-electron chi connectivity index (χ3n) is 1.10. The fourth-order valence-corrected chi connectivity index (χ4v) is 0.574. The molecule has 5 heteroatoms. The summed E-state index contributed by atoms with van der Waals surface area (Å²) in [7, 11) is 0. The Kier molecular flexibility index (Phi) is 6.82. The van der Waals surface area contributed by atoms with E-state index in [-0.39, 0.29) is 19.0 Å². The second kappa shape index (κ2) is 7.71. The summed E-state index contributed by atoms with van der Waals surface area (Å²) in [4.78, 5) is 30.2. The lowest BCUT2D eigenvalue weighted by molar-refractivity contribution is -0.137. The van der Waals surface area contributed by atoms with E-state index in [1.54, 1.807) is 0 Å². The summed E-state index contributed by atoms with van der Waals surface area (Å²) in [6.07, 6.45) is 1.82. The Labute approximate surface area is 70.1 Å². The van der Waals surface area contributed by atoms with E-state index in [9.17, 15) is 14.4 Å². The largest absolute Gasteiger partial charge is 0.458 e. The molecule has 1 N–H and O–H groups in total. The van der Waals surface area contributed by atoms with Crippen molar-refractivity contribution >= 4 is 18.7 Å². The molecule has 0 aromatic heterocycles. The molecule has 68 valence electrons. The van der Waals surface area contributed by atoms with E-state index in [1.165, 1.54) is 0 Å². The van der Waals surface area contributed by atoms with Crippen LogP contribution in [0.15, 0.2) is 0 Å². The van der Waals surface area contributed by atoms with Crippen LogP contribution in [0, 0.1) is 0 Å².